The molecule has 0 saturated carbocycles. The molecule has 2 aromatic rings. The van der Waals surface area contributed by atoms with Gasteiger partial charge in [0.25, 0.3) is 11.8 Å². The zero-order chi connectivity index (χ0) is 20.0. The van der Waals surface area contributed by atoms with E-state index < -0.39 is 24.5 Å². The lowest BCUT2D eigenvalue weighted by Gasteiger charge is -2.20. The van der Waals surface area contributed by atoms with Gasteiger partial charge in [-0.2, -0.15) is 0 Å². The number of hydrogen-bond donors (Lipinski definition) is 2. The highest BCUT2D eigenvalue weighted by Gasteiger charge is 2.27. The molecule has 2 amide bonds. The predicted molar refractivity (Wildman–Crippen MR) is 106 cm³/mol. The van der Waals surface area contributed by atoms with E-state index in [1.807, 2.05) is 32.0 Å². The monoisotopic (exact) mass is 388 g/mol. The highest BCUT2D eigenvalue weighted by molar-refractivity contribution is 7.12. The minimum absolute atomic E-state index is 0.177. The number of aryl methyl sites for hydroxylation is 2. The maximum atomic E-state index is 12.3. The van der Waals surface area contributed by atoms with Gasteiger partial charge in [-0.05, 0) is 54.5 Å². The molecule has 1 aromatic carbocycles. The summed E-state index contributed by atoms with van der Waals surface area (Å²) in [5.74, 6) is -1.57. The summed E-state index contributed by atoms with van der Waals surface area (Å²) in [6.45, 7) is 7.06. The smallest absolute Gasteiger partial charge is 0.329 e. The summed E-state index contributed by atoms with van der Waals surface area (Å²) in [6.07, 6.45) is 0. The lowest BCUT2D eigenvalue weighted by atomic mass is 10.0. The van der Waals surface area contributed by atoms with Crippen LogP contribution in [0.15, 0.2) is 35.7 Å². The number of rotatable bonds is 7. The lowest BCUT2D eigenvalue weighted by molar-refractivity contribution is -0.150. The van der Waals surface area contributed by atoms with Crippen molar-refractivity contribution in [2.24, 2.45) is 5.92 Å². The summed E-state index contributed by atoms with van der Waals surface area (Å²) < 4.78 is 5.12. The van der Waals surface area contributed by atoms with Crippen LogP contribution in [-0.4, -0.2) is 30.4 Å². The standard InChI is InChI=1S/C20H24N2O4S/c1-12(2)18(22-19(24)16-6-5-7-27-16)20(25)26-11-17(23)21-15-9-13(3)8-14(4)10-15/h5-10,12,18H,11H2,1-4H3,(H,21,23)(H,22,24)/t18-/m0/s1. The third kappa shape index (κ3) is 6.21. The molecular weight excluding hydrogens is 364 g/mol. The molecule has 144 valence electrons. The summed E-state index contributed by atoms with van der Waals surface area (Å²) in [5.41, 5.74) is 2.71. The van der Waals surface area contributed by atoms with E-state index in [0.29, 0.717) is 10.6 Å². The van der Waals surface area contributed by atoms with Crippen molar-refractivity contribution in [3.8, 4) is 0 Å². The van der Waals surface area contributed by atoms with Crippen LogP contribution in [0.2, 0.25) is 0 Å². The summed E-state index contributed by atoms with van der Waals surface area (Å²) in [4.78, 5) is 37.1. The first-order valence-corrected chi connectivity index (χ1v) is 9.53. The topological polar surface area (TPSA) is 84.5 Å². The molecule has 2 rings (SSSR count). The van der Waals surface area contributed by atoms with E-state index in [4.69, 9.17) is 4.74 Å². The van der Waals surface area contributed by atoms with E-state index in [9.17, 15) is 14.4 Å². The number of nitrogens with one attached hydrogen (secondary N) is 2. The van der Waals surface area contributed by atoms with Crippen LogP contribution in [0.5, 0.6) is 0 Å². The van der Waals surface area contributed by atoms with Gasteiger partial charge in [0.15, 0.2) is 6.61 Å². The molecule has 0 aliphatic carbocycles. The minimum atomic E-state index is -0.825. The number of thiophene rings is 1. The Morgan fingerprint density at radius 3 is 2.33 bits per heavy atom. The number of carbonyl (C=O) groups is 3. The molecule has 7 heteroatoms. The SMILES string of the molecule is Cc1cc(C)cc(NC(=O)COC(=O)[C@@H](NC(=O)c2cccs2)C(C)C)c1. The van der Waals surface area contributed by atoms with Crippen LogP contribution in [0, 0.1) is 19.8 Å². The average molecular weight is 388 g/mol. The molecule has 27 heavy (non-hydrogen) atoms. The van der Waals surface area contributed by atoms with Crippen molar-refractivity contribution in [3.05, 3.63) is 51.7 Å². The van der Waals surface area contributed by atoms with Gasteiger partial charge >= 0.3 is 5.97 Å². The molecule has 1 heterocycles. The molecule has 0 saturated heterocycles. The normalized spacial score (nSPS) is 11.7. The Morgan fingerprint density at radius 1 is 1.11 bits per heavy atom. The number of amides is 2. The van der Waals surface area contributed by atoms with Crippen molar-refractivity contribution in [1.29, 1.82) is 0 Å². The summed E-state index contributed by atoms with van der Waals surface area (Å²) in [5, 5.41) is 7.17. The maximum absolute atomic E-state index is 12.3. The lowest BCUT2D eigenvalue weighted by Crippen LogP contribution is -2.45. The van der Waals surface area contributed by atoms with Gasteiger partial charge in [0.1, 0.15) is 6.04 Å². The predicted octanol–water partition coefficient (Wildman–Crippen LogP) is 3.30. The van der Waals surface area contributed by atoms with Gasteiger partial charge in [0.05, 0.1) is 4.88 Å². The third-order valence-electron chi connectivity index (χ3n) is 3.80. The van der Waals surface area contributed by atoms with E-state index >= 15 is 0 Å². The highest BCUT2D eigenvalue weighted by Crippen LogP contribution is 2.14. The van der Waals surface area contributed by atoms with Crippen LogP contribution in [0.4, 0.5) is 5.69 Å². The Labute approximate surface area is 162 Å². The van der Waals surface area contributed by atoms with Gasteiger partial charge in [-0.25, -0.2) is 4.79 Å². The van der Waals surface area contributed by atoms with Crippen LogP contribution in [0.1, 0.15) is 34.6 Å². The van der Waals surface area contributed by atoms with Crippen molar-refractivity contribution in [1.82, 2.24) is 5.32 Å². The number of carbonyl (C=O) groups excluding carboxylic acids is 3. The van der Waals surface area contributed by atoms with Crippen molar-refractivity contribution in [2.45, 2.75) is 33.7 Å². The van der Waals surface area contributed by atoms with Gasteiger partial charge in [0, 0.05) is 5.69 Å². The molecule has 0 aliphatic rings. The molecule has 1 atom stereocenters. The fraction of sp³-hybridized carbons (Fsp3) is 0.350. The molecule has 6 nitrogen and oxygen atoms in total. The number of benzene rings is 1. The van der Waals surface area contributed by atoms with Gasteiger partial charge < -0.3 is 15.4 Å². The van der Waals surface area contributed by atoms with E-state index in [0.717, 1.165) is 11.1 Å². The largest absolute Gasteiger partial charge is 0.454 e. The average Bonchev–Trinajstić information content (AvgIpc) is 3.10. The molecule has 0 aliphatic heterocycles. The summed E-state index contributed by atoms with van der Waals surface area (Å²) in [7, 11) is 0. The van der Waals surface area contributed by atoms with E-state index in [-0.39, 0.29) is 11.8 Å². The second-order valence-corrected chi connectivity index (χ2v) is 7.65. The Hall–Kier alpha value is -2.67. The first-order chi connectivity index (χ1) is 12.8. The fourth-order valence-electron chi connectivity index (χ4n) is 2.59. The van der Waals surface area contributed by atoms with E-state index in [1.54, 1.807) is 31.4 Å². The van der Waals surface area contributed by atoms with E-state index in [2.05, 4.69) is 10.6 Å². The third-order valence-corrected chi connectivity index (χ3v) is 4.67. The van der Waals surface area contributed by atoms with Gasteiger partial charge in [-0.3, -0.25) is 9.59 Å². The van der Waals surface area contributed by atoms with Crippen LogP contribution in [0.3, 0.4) is 0 Å². The maximum Gasteiger partial charge on any atom is 0.329 e. The molecule has 0 spiro atoms. The molecule has 0 fully saturated rings. The fourth-order valence-corrected chi connectivity index (χ4v) is 3.22. The number of hydrogen-bond acceptors (Lipinski definition) is 5. The molecular formula is C20H24N2O4S. The summed E-state index contributed by atoms with van der Waals surface area (Å²) >= 11 is 1.29. The number of ether oxygens (including phenoxy) is 1. The number of anilines is 1. The van der Waals surface area contributed by atoms with Crippen LogP contribution in [-0.2, 0) is 14.3 Å². The van der Waals surface area contributed by atoms with Crippen LogP contribution >= 0.6 is 11.3 Å². The van der Waals surface area contributed by atoms with Gasteiger partial charge in [-0.15, -0.1) is 11.3 Å². The first-order valence-electron chi connectivity index (χ1n) is 8.65. The zero-order valence-corrected chi connectivity index (χ0v) is 16.7. The number of esters is 1. The molecule has 2 N–H and O–H groups in total. The van der Waals surface area contributed by atoms with Gasteiger partial charge in [-0.1, -0.05) is 26.0 Å². The Balaban J connectivity index is 1.91. The van der Waals surface area contributed by atoms with Crippen molar-refractivity contribution < 1.29 is 19.1 Å². The molecule has 0 unspecified atom stereocenters. The Morgan fingerprint density at radius 2 is 1.78 bits per heavy atom. The Kier molecular flexibility index (Phi) is 7.12. The van der Waals surface area contributed by atoms with Crippen molar-refractivity contribution in [2.75, 3.05) is 11.9 Å². The van der Waals surface area contributed by atoms with Crippen LogP contribution < -0.4 is 10.6 Å². The second kappa shape index (κ2) is 9.32. The molecule has 0 bridgehead atoms. The van der Waals surface area contributed by atoms with E-state index in [1.165, 1.54) is 11.3 Å². The van der Waals surface area contributed by atoms with Crippen molar-refractivity contribution in [3.63, 3.8) is 0 Å². The van der Waals surface area contributed by atoms with Crippen LogP contribution in [0.25, 0.3) is 0 Å². The van der Waals surface area contributed by atoms with Crippen molar-refractivity contribution >= 4 is 34.8 Å². The van der Waals surface area contributed by atoms with Gasteiger partial charge in [0.2, 0.25) is 0 Å². The Bertz CT molecular complexity index is 795. The zero-order valence-electron chi connectivity index (χ0n) is 15.9. The first kappa shape index (κ1) is 20.6. The highest BCUT2D eigenvalue weighted by atomic mass is 32.1. The minimum Gasteiger partial charge on any atom is -0.454 e. The summed E-state index contributed by atoms with van der Waals surface area (Å²) in [6, 6.07) is 8.29. The molecule has 1 aromatic heterocycles. The molecule has 0 radical (unpaired) electrons. The quantitative estimate of drug-likeness (QED) is 0.713. The second-order valence-electron chi connectivity index (χ2n) is 6.70.